The molecule has 1 aliphatic rings. The maximum atomic E-state index is 13.9. The fraction of sp³-hybridized carbons (Fsp3) is 0.600. The highest BCUT2D eigenvalue weighted by Gasteiger charge is 2.23. The molecule has 0 amide bonds. The van der Waals surface area contributed by atoms with Crippen molar-refractivity contribution in [3.8, 4) is 0 Å². The number of nitrogen functional groups attached to an aromatic ring is 1. The summed E-state index contributed by atoms with van der Waals surface area (Å²) < 4.78 is 13.9. The summed E-state index contributed by atoms with van der Waals surface area (Å²) in [5, 5.41) is 0. The lowest BCUT2D eigenvalue weighted by Gasteiger charge is -2.34. The van der Waals surface area contributed by atoms with Crippen molar-refractivity contribution < 1.29 is 4.39 Å². The summed E-state index contributed by atoms with van der Waals surface area (Å²) in [5.74, 6) is 0.532. The van der Waals surface area contributed by atoms with Crippen LogP contribution in [0.2, 0.25) is 0 Å². The van der Waals surface area contributed by atoms with Crippen molar-refractivity contribution in [2.45, 2.75) is 45.2 Å². The molecule has 2 N–H and O–H groups in total. The standard InChI is InChI=1S/C15H23FN2/c1-11-5-3-7-13(9-11)18(2)10-12-6-4-8-14(17)15(12)16/h4,6,8,11,13H,3,5,7,9-10,17H2,1-2H3. The van der Waals surface area contributed by atoms with Crippen molar-refractivity contribution in [3.05, 3.63) is 29.6 Å². The predicted octanol–water partition coefficient (Wildman–Crippen LogP) is 3.42. The molecule has 2 rings (SSSR count). The SMILES string of the molecule is CC1CCCC(N(C)Cc2cccc(N)c2F)C1. The van der Waals surface area contributed by atoms with E-state index in [1.807, 2.05) is 12.1 Å². The van der Waals surface area contributed by atoms with Crippen LogP contribution in [0.3, 0.4) is 0 Å². The van der Waals surface area contributed by atoms with Gasteiger partial charge in [0.1, 0.15) is 0 Å². The number of rotatable bonds is 3. The van der Waals surface area contributed by atoms with Crippen LogP contribution in [0.15, 0.2) is 18.2 Å². The van der Waals surface area contributed by atoms with Crippen molar-refractivity contribution in [2.24, 2.45) is 5.92 Å². The first kappa shape index (κ1) is 13.3. The van der Waals surface area contributed by atoms with Crippen molar-refractivity contribution >= 4 is 5.69 Å². The predicted molar refractivity (Wildman–Crippen MR) is 73.7 cm³/mol. The molecule has 2 nitrogen and oxygen atoms in total. The summed E-state index contributed by atoms with van der Waals surface area (Å²) in [4.78, 5) is 2.27. The van der Waals surface area contributed by atoms with Crippen molar-refractivity contribution in [3.63, 3.8) is 0 Å². The fourth-order valence-corrected chi connectivity index (χ4v) is 2.92. The molecule has 1 aromatic carbocycles. The summed E-state index contributed by atoms with van der Waals surface area (Å²) in [6.45, 7) is 2.95. The number of hydrogen-bond acceptors (Lipinski definition) is 2. The van der Waals surface area contributed by atoms with Gasteiger partial charge < -0.3 is 5.73 Å². The van der Waals surface area contributed by atoms with Gasteiger partial charge >= 0.3 is 0 Å². The van der Waals surface area contributed by atoms with Crippen LogP contribution in [0.5, 0.6) is 0 Å². The van der Waals surface area contributed by atoms with Gasteiger partial charge in [-0.3, -0.25) is 4.90 Å². The number of nitrogens with zero attached hydrogens (tertiary/aromatic N) is 1. The molecule has 0 saturated heterocycles. The van der Waals surface area contributed by atoms with Gasteiger partial charge in [0.25, 0.3) is 0 Å². The molecule has 18 heavy (non-hydrogen) atoms. The van der Waals surface area contributed by atoms with Crippen molar-refractivity contribution in [1.82, 2.24) is 4.90 Å². The van der Waals surface area contributed by atoms with Gasteiger partial charge in [-0.15, -0.1) is 0 Å². The molecule has 1 saturated carbocycles. The molecule has 0 aromatic heterocycles. The Morgan fingerprint density at radius 3 is 2.89 bits per heavy atom. The van der Waals surface area contributed by atoms with E-state index in [2.05, 4.69) is 18.9 Å². The van der Waals surface area contributed by atoms with Crippen LogP contribution in [0.1, 0.15) is 38.2 Å². The molecule has 0 heterocycles. The second kappa shape index (κ2) is 5.70. The van der Waals surface area contributed by atoms with Crippen LogP contribution in [-0.4, -0.2) is 18.0 Å². The maximum Gasteiger partial charge on any atom is 0.150 e. The zero-order valence-corrected chi connectivity index (χ0v) is 11.3. The third-order valence-electron chi connectivity index (χ3n) is 4.06. The third-order valence-corrected chi connectivity index (χ3v) is 4.06. The second-order valence-corrected chi connectivity index (χ2v) is 5.66. The summed E-state index contributed by atoms with van der Waals surface area (Å²) in [5.41, 5.74) is 6.56. The summed E-state index contributed by atoms with van der Waals surface area (Å²) >= 11 is 0. The first-order valence-electron chi connectivity index (χ1n) is 6.81. The molecule has 0 bridgehead atoms. The average Bonchev–Trinajstić information content (AvgIpc) is 2.35. The minimum absolute atomic E-state index is 0.248. The van der Waals surface area contributed by atoms with Crippen LogP contribution in [-0.2, 0) is 6.54 Å². The Kier molecular flexibility index (Phi) is 4.23. The zero-order valence-electron chi connectivity index (χ0n) is 11.3. The molecule has 1 fully saturated rings. The first-order valence-corrected chi connectivity index (χ1v) is 6.81. The summed E-state index contributed by atoms with van der Waals surface area (Å²) in [6, 6.07) is 5.84. The molecule has 0 spiro atoms. The Labute approximate surface area is 109 Å². The minimum atomic E-state index is -0.256. The van der Waals surface area contributed by atoms with Crippen LogP contribution in [0.4, 0.5) is 10.1 Å². The van der Waals surface area contributed by atoms with Crippen LogP contribution in [0, 0.1) is 11.7 Å². The van der Waals surface area contributed by atoms with Crippen molar-refractivity contribution in [2.75, 3.05) is 12.8 Å². The lowest BCUT2D eigenvalue weighted by molar-refractivity contribution is 0.156. The Morgan fingerprint density at radius 2 is 2.17 bits per heavy atom. The molecule has 100 valence electrons. The number of anilines is 1. The summed E-state index contributed by atoms with van der Waals surface area (Å²) in [6.07, 6.45) is 5.07. The smallest absolute Gasteiger partial charge is 0.150 e. The van der Waals surface area contributed by atoms with E-state index in [9.17, 15) is 4.39 Å². The number of benzene rings is 1. The third kappa shape index (κ3) is 3.02. The Bertz CT molecular complexity index is 405. The van der Waals surface area contributed by atoms with Crippen molar-refractivity contribution in [1.29, 1.82) is 0 Å². The van der Waals surface area contributed by atoms with E-state index in [0.717, 1.165) is 5.92 Å². The minimum Gasteiger partial charge on any atom is -0.396 e. The highest BCUT2D eigenvalue weighted by Crippen LogP contribution is 2.28. The Balaban J connectivity index is 2.02. The van der Waals surface area contributed by atoms with E-state index in [4.69, 9.17) is 5.73 Å². The van der Waals surface area contributed by atoms with Crippen LogP contribution in [0.25, 0.3) is 0 Å². The lowest BCUT2D eigenvalue weighted by Crippen LogP contribution is -2.35. The molecule has 1 aliphatic carbocycles. The van der Waals surface area contributed by atoms with Gasteiger partial charge in [-0.05, 0) is 31.9 Å². The molecule has 2 atom stereocenters. The van der Waals surface area contributed by atoms with E-state index < -0.39 is 0 Å². The Morgan fingerprint density at radius 1 is 1.39 bits per heavy atom. The van der Waals surface area contributed by atoms with Crippen LogP contribution >= 0.6 is 0 Å². The molecular weight excluding hydrogens is 227 g/mol. The van der Waals surface area contributed by atoms with E-state index in [1.54, 1.807) is 6.07 Å². The molecular formula is C15H23FN2. The quantitative estimate of drug-likeness (QED) is 0.833. The van der Waals surface area contributed by atoms with E-state index in [1.165, 1.54) is 25.7 Å². The second-order valence-electron chi connectivity index (χ2n) is 5.66. The number of halogens is 1. The van der Waals surface area contributed by atoms with E-state index >= 15 is 0 Å². The van der Waals surface area contributed by atoms with Gasteiger partial charge in [0.15, 0.2) is 5.82 Å². The van der Waals surface area contributed by atoms with Crippen LogP contribution < -0.4 is 5.73 Å². The van der Waals surface area contributed by atoms with E-state index in [0.29, 0.717) is 18.2 Å². The highest BCUT2D eigenvalue weighted by molar-refractivity contribution is 5.42. The molecule has 2 unspecified atom stereocenters. The maximum absolute atomic E-state index is 13.9. The van der Waals surface area contributed by atoms with Gasteiger partial charge in [0.05, 0.1) is 5.69 Å². The van der Waals surface area contributed by atoms with Gasteiger partial charge in [-0.1, -0.05) is 31.9 Å². The largest absolute Gasteiger partial charge is 0.396 e. The molecule has 0 aliphatic heterocycles. The normalized spacial score (nSPS) is 24.4. The van der Waals surface area contributed by atoms with Gasteiger partial charge in [-0.25, -0.2) is 4.39 Å². The van der Waals surface area contributed by atoms with Gasteiger partial charge in [0.2, 0.25) is 0 Å². The first-order chi connectivity index (χ1) is 8.58. The number of nitrogens with two attached hydrogens (primary N) is 1. The van der Waals surface area contributed by atoms with Gasteiger partial charge in [0, 0.05) is 18.2 Å². The molecule has 1 aromatic rings. The van der Waals surface area contributed by atoms with Gasteiger partial charge in [-0.2, -0.15) is 0 Å². The summed E-state index contributed by atoms with van der Waals surface area (Å²) in [7, 11) is 2.09. The van der Waals surface area contributed by atoms with E-state index in [-0.39, 0.29) is 11.5 Å². The molecule has 0 radical (unpaired) electrons. The monoisotopic (exact) mass is 250 g/mol. The topological polar surface area (TPSA) is 29.3 Å². The Hall–Kier alpha value is -1.09. The fourth-order valence-electron chi connectivity index (χ4n) is 2.92. The zero-order chi connectivity index (χ0) is 13.1. The average molecular weight is 250 g/mol. The molecule has 3 heteroatoms. The number of hydrogen-bond donors (Lipinski definition) is 1. The lowest BCUT2D eigenvalue weighted by atomic mass is 9.86. The highest BCUT2D eigenvalue weighted by atomic mass is 19.1.